The maximum absolute atomic E-state index is 2.49. The number of aromatic nitrogens is 1. The standard InChI is InChI=1S/C42H25NS/c1-2-13-28(14-3-1)43-37-23-22-27(35-24-26-12-4-5-15-29(26)30-16-6-7-17-31(30)35)25-36(37)40-41(43)33-19-9-8-18-32(33)39-34-20-10-11-21-38(34)44-42(39)40/h1-25H. The van der Waals surface area contributed by atoms with E-state index < -0.39 is 0 Å². The largest absolute Gasteiger partial charge is 0.309 e. The molecule has 0 aliphatic heterocycles. The van der Waals surface area contributed by atoms with Gasteiger partial charge in [-0.2, -0.15) is 0 Å². The van der Waals surface area contributed by atoms with E-state index in [2.05, 4.69) is 156 Å². The number of thiophene rings is 1. The molecule has 0 bridgehead atoms. The lowest BCUT2D eigenvalue weighted by molar-refractivity contribution is 1.19. The summed E-state index contributed by atoms with van der Waals surface area (Å²) in [6.45, 7) is 0. The van der Waals surface area contributed by atoms with Crippen LogP contribution >= 0.6 is 11.3 Å². The molecule has 8 aromatic carbocycles. The lowest BCUT2D eigenvalue weighted by atomic mass is 9.92. The molecule has 1 nitrogen and oxygen atoms in total. The molecule has 0 atom stereocenters. The van der Waals surface area contributed by atoms with E-state index >= 15 is 0 Å². The molecule has 44 heavy (non-hydrogen) atoms. The highest BCUT2D eigenvalue weighted by atomic mass is 32.1. The van der Waals surface area contributed by atoms with Crippen LogP contribution in [0.5, 0.6) is 0 Å². The van der Waals surface area contributed by atoms with Gasteiger partial charge in [0.2, 0.25) is 0 Å². The summed E-state index contributed by atoms with van der Waals surface area (Å²) in [5, 5.41) is 13.1. The monoisotopic (exact) mass is 575 g/mol. The number of fused-ring (bicyclic) bond motifs is 13. The SMILES string of the molecule is c1ccc(-n2c3ccc(-c4cc5ccccc5c5ccccc45)cc3c3c4sc5ccccc5c4c4ccccc4c32)cc1. The van der Waals surface area contributed by atoms with Crippen LogP contribution in [0.1, 0.15) is 0 Å². The fourth-order valence-electron chi connectivity index (χ4n) is 7.48. The first-order valence-electron chi connectivity index (χ1n) is 15.1. The van der Waals surface area contributed by atoms with Crippen molar-refractivity contribution < 1.29 is 0 Å². The minimum absolute atomic E-state index is 1.18. The van der Waals surface area contributed by atoms with Crippen molar-refractivity contribution >= 4 is 85.6 Å². The van der Waals surface area contributed by atoms with E-state index in [1.165, 1.54) is 91.1 Å². The lowest BCUT2D eigenvalue weighted by Crippen LogP contribution is -1.94. The summed E-state index contributed by atoms with van der Waals surface area (Å²) in [6, 6.07) is 55.8. The van der Waals surface area contributed by atoms with E-state index in [1.54, 1.807) is 0 Å². The van der Waals surface area contributed by atoms with Gasteiger partial charge in [0.1, 0.15) is 0 Å². The van der Waals surface area contributed by atoms with Crippen LogP contribution in [-0.2, 0) is 0 Å². The van der Waals surface area contributed by atoms with E-state index in [0.29, 0.717) is 0 Å². The fourth-order valence-corrected chi connectivity index (χ4v) is 8.76. The molecule has 0 amide bonds. The molecule has 0 spiro atoms. The third-order valence-electron chi connectivity index (χ3n) is 9.33. The van der Waals surface area contributed by atoms with Crippen molar-refractivity contribution in [3.63, 3.8) is 0 Å². The van der Waals surface area contributed by atoms with Crippen LogP contribution in [-0.4, -0.2) is 4.57 Å². The van der Waals surface area contributed by atoms with Crippen LogP contribution in [0.4, 0.5) is 0 Å². The maximum atomic E-state index is 2.49. The maximum Gasteiger partial charge on any atom is 0.0634 e. The van der Waals surface area contributed by atoms with E-state index in [1.807, 2.05) is 11.3 Å². The highest BCUT2D eigenvalue weighted by Crippen LogP contribution is 2.48. The summed E-state index contributed by atoms with van der Waals surface area (Å²) < 4.78 is 5.18. The van der Waals surface area contributed by atoms with Gasteiger partial charge in [-0.25, -0.2) is 0 Å². The van der Waals surface area contributed by atoms with Gasteiger partial charge < -0.3 is 4.57 Å². The van der Waals surface area contributed by atoms with Gasteiger partial charge in [-0.1, -0.05) is 115 Å². The second kappa shape index (κ2) is 9.03. The van der Waals surface area contributed by atoms with Crippen LogP contribution in [0.25, 0.3) is 91.1 Å². The molecule has 0 aliphatic carbocycles. The molecular formula is C42H25NS. The number of para-hydroxylation sites is 1. The van der Waals surface area contributed by atoms with Crippen molar-refractivity contribution in [1.29, 1.82) is 0 Å². The van der Waals surface area contributed by atoms with Gasteiger partial charge in [0.15, 0.2) is 0 Å². The first-order chi connectivity index (χ1) is 21.8. The van der Waals surface area contributed by atoms with Gasteiger partial charge in [0.25, 0.3) is 0 Å². The Morgan fingerprint density at radius 2 is 1.09 bits per heavy atom. The zero-order valence-corrected chi connectivity index (χ0v) is 24.6. The van der Waals surface area contributed by atoms with Crippen molar-refractivity contribution in [3.05, 3.63) is 152 Å². The van der Waals surface area contributed by atoms with Crippen molar-refractivity contribution in [2.24, 2.45) is 0 Å². The molecule has 0 saturated carbocycles. The predicted octanol–water partition coefficient (Wildman–Crippen LogP) is 12.3. The van der Waals surface area contributed by atoms with Gasteiger partial charge in [0, 0.05) is 42.0 Å². The van der Waals surface area contributed by atoms with Gasteiger partial charge >= 0.3 is 0 Å². The van der Waals surface area contributed by atoms with Crippen LogP contribution in [0.15, 0.2) is 152 Å². The Morgan fingerprint density at radius 1 is 0.432 bits per heavy atom. The smallest absolute Gasteiger partial charge is 0.0634 e. The van der Waals surface area contributed by atoms with Gasteiger partial charge in [-0.05, 0) is 74.5 Å². The summed E-state index contributed by atoms with van der Waals surface area (Å²) in [6.07, 6.45) is 0. The Labute approximate surface area is 257 Å². The second-order valence-corrected chi connectivity index (χ2v) is 12.7. The van der Waals surface area contributed by atoms with Gasteiger partial charge in [-0.3, -0.25) is 0 Å². The quantitative estimate of drug-likeness (QED) is 0.181. The molecule has 204 valence electrons. The van der Waals surface area contributed by atoms with Crippen molar-refractivity contribution in [3.8, 4) is 16.8 Å². The van der Waals surface area contributed by atoms with E-state index in [4.69, 9.17) is 0 Å². The van der Waals surface area contributed by atoms with Crippen molar-refractivity contribution in [1.82, 2.24) is 4.57 Å². The van der Waals surface area contributed by atoms with Crippen molar-refractivity contribution in [2.45, 2.75) is 0 Å². The zero-order valence-electron chi connectivity index (χ0n) is 23.8. The normalized spacial score (nSPS) is 12.1. The number of rotatable bonds is 2. The van der Waals surface area contributed by atoms with Crippen LogP contribution in [0, 0.1) is 0 Å². The highest BCUT2D eigenvalue weighted by Gasteiger charge is 2.22. The highest BCUT2D eigenvalue weighted by molar-refractivity contribution is 7.27. The molecule has 10 rings (SSSR count). The van der Waals surface area contributed by atoms with E-state index in [0.717, 1.165) is 0 Å². The predicted molar refractivity (Wildman–Crippen MR) is 192 cm³/mol. The molecule has 0 N–H and O–H groups in total. The second-order valence-electron chi connectivity index (χ2n) is 11.7. The molecule has 0 saturated heterocycles. The number of nitrogens with zero attached hydrogens (tertiary/aromatic N) is 1. The molecule has 2 heterocycles. The average molecular weight is 576 g/mol. The summed E-state index contributed by atoms with van der Waals surface area (Å²) in [4.78, 5) is 0. The first-order valence-corrected chi connectivity index (χ1v) is 15.9. The molecule has 2 heteroatoms. The Kier molecular flexibility index (Phi) is 4.94. The Bertz CT molecular complexity index is 2760. The average Bonchev–Trinajstić information content (AvgIpc) is 3.65. The summed E-state index contributed by atoms with van der Waals surface area (Å²) in [5.74, 6) is 0. The third kappa shape index (κ3) is 3.23. The zero-order chi connectivity index (χ0) is 28.8. The van der Waals surface area contributed by atoms with Crippen molar-refractivity contribution in [2.75, 3.05) is 0 Å². The summed E-state index contributed by atoms with van der Waals surface area (Å²) >= 11 is 1.92. The molecule has 0 unspecified atom stereocenters. The third-order valence-corrected chi connectivity index (χ3v) is 10.5. The van der Waals surface area contributed by atoms with Crippen LogP contribution in [0.3, 0.4) is 0 Å². The molecule has 0 fully saturated rings. The number of hydrogen-bond acceptors (Lipinski definition) is 1. The molecule has 10 aromatic rings. The molecule has 0 aliphatic rings. The number of benzene rings is 8. The van der Waals surface area contributed by atoms with Gasteiger partial charge in [-0.15, -0.1) is 11.3 Å². The summed E-state index contributed by atoms with van der Waals surface area (Å²) in [5.41, 5.74) is 6.21. The minimum Gasteiger partial charge on any atom is -0.309 e. The van der Waals surface area contributed by atoms with E-state index in [-0.39, 0.29) is 0 Å². The van der Waals surface area contributed by atoms with E-state index in [9.17, 15) is 0 Å². The summed E-state index contributed by atoms with van der Waals surface area (Å²) in [7, 11) is 0. The van der Waals surface area contributed by atoms with Crippen LogP contribution < -0.4 is 0 Å². The Balaban J connectivity index is 1.43. The number of hydrogen-bond donors (Lipinski definition) is 0. The lowest BCUT2D eigenvalue weighted by Gasteiger charge is -2.12. The molecular weight excluding hydrogens is 551 g/mol. The Morgan fingerprint density at radius 3 is 1.93 bits per heavy atom. The minimum atomic E-state index is 1.18. The Hall–Kier alpha value is -5.44. The first kappa shape index (κ1) is 24.0. The molecule has 2 aromatic heterocycles. The fraction of sp³-hybridized carbons (Fsp3) is 0. The van der Waals surface area contributed by atoms with Gasteiger partial charge in [0.05, 0.1) is 11.0 Å². The topological polar surface area (TPSA) is 4.93 Å². The molecule has 0 radical (unpaired) electrons. The van der Waals surface area contributed by atoms with Crippen LogP contribution in [0.2, 0.25) is 0 Å².